The maximum absolute atomic E-state index is 5.80. The highest BCUT2D eigenvalue weighted by molar-refractivity contribution is 14.1. The van der Waals surface area contributed by atoms with Crippen LogP contribution in [0.2, 0.25) is 5.15 Å². The van der Waals surface area contributed by atoms with Crippen LogP contribution in [-0.2, 0) is 0 Å². The van der Waals surface area contributed by atoms with Crippen LogP contribution in [0.4, 0.5) is 0 Å². The quantitative estimate of drug-likeness (QED) is 0.547. The zero-order chi connectivity index (χ0) is 7.84. The van der Waals surface area contributed by atoms with E-state index in [4.69, 9.17) is 11.6 Å². The molecule has 5 heteroatoms. The number of hydrogen-bond donors (Lipinski definition) is 0. The van der Waals surface area contributed by atoms with Crippen LogP contribution < -0.4 is 0 Å². The molecule has 2 rings (SSSR count). The van der Waals surface area contributed by atoms with Crippen LogP contribution in [0.1, 0.15) is 0 Å². The van der Waals surface area contributed by atoms with Gasteiger partial charge in [-0.2, -0.15) is 0 Å². The van der Waals surface area contributed by atoms with Gasteiger partial charge in [0.05, 0.1) is 28.3 Å². The minimum atomic E-state index is 0.505. The van der Waals surface area contributed by atoms with E-state index in [1.54, 1.807) is 0 Å². The van der Waals surface area contributed by atoms with E-state index in [-0.39, 0.29) is 0 Å². The predicted molar refractivity (Wildman–Crippen MR) is 52.0 cm³/mol. The third-order valence-electron chi connectivity index (χ3n) is 1.39. The van der Waals surface area contributed by atoms with Crippen molar-refractivity contribution in [3.05, 3.63) is 23.7 Å². The standard InChI is InChI=1S/C6H3ClIN3/c7-5-4-1-2-11(8)6(4)10-3-9-5/h1-3H. The van der Waals surface area contributed by atoms with E-state index in [0.717, 1.165) is 11.0 Å². The largest absolute Gasteiger partial charge is 0.273 e. The van der Waals surface area contributed by atoms with Crippen molar-refractivity contribution in [1.29, 1.82) is 0 Å². The topological polar surface area (TPSA) is 30.7 Å². The van der Waals surface area contributed by atoms with E-state index < -0.39 is 0 Å². The summed E-state index contributed by atoms with van der Waals surface area (Å²) in [6.07, 6.45) is 3.35. The Morgan fingerprint density at radius 1 is 1.45 bits per heavy atom. The maximum Gasteiger partial charge on any atom is 0.153 e. The normalized spacial score (nSPS) is 10.7. The van der Waals surface area contributed by atoms with Crippen molar-refractivity contribution >= 4 is 45.5 Å². The number of halogens is 2. The van der Waals surface area contributed by atoms with Crippen molar-refractivity contribution < 1.29 is 0 Å². The average Bonchev–Trinajstić information content (AvgIpc) is 2.35. The van der Waals surface area contributed by atoms with Gasteiger partial charge in [-0.15, -0.1) is 0 Å². The number of hydrogen-bond acceptors (Lipinski definition) is 2. The fourth-order valence-electron chi connectivity index (χ4n) is 0.890. The van der Waals surface area contributed by atoms with Crippen LogP contribution in [0.5, 0.6) is 0 Å². The van der Waals surface area contributed by atoms with Gasteiger partial charge in [-0.05, 0) is 6.07 Å². The fourth-order valence-corrected chi connectivity index (χ4v) is 1.63. The Labute approximate surface area is 81.9 Å². The van der Waals surface area contributed by atoms with E-state index in [0.29, 0.717) is 5.15 Å². The lowest BCUT2D eigenvalue weighted by Crippen LogP contribution is -1.83. The van der Waals surface area contributed by atoms with Crippen molar-refractivity contribution in [1.82, 2.24) is 12.7 Å². The van der Waals surface area contributed by atoms with Gasteiger partial charge in [0, 0.05) is 6.20 Å². The molecule has 0 amide bonds. The molecule has 0 radical (unpaired) electrons. The van der Waals surface area contributed by atoms with Gasteiger partial charge in [0.25, 0.3) is 0 Å². The lowest BCUT2D eigenvalue weighted by molar-refractivity contribution is 1.19. The average molecular weight is 279 g/mol. The molecule has 0 fully saturated rings. The Balaban J connectivity index is 2.94. The van der Waals surface area contributed by atoms with E-state index >= 15 is 0 Å². The number of nitrogens with zero attached hydrogens (tertiary/aromatic N) is 3. The van der Waals surface area contributed by atoms with Gasteiger partial charge in [0.2, 0.25) is 0 Å². The van der Waals surface area contributed by atoms with Gasteiger partial charge in [0.15, 0.2) is 5.65 Å². The van der Waals surface area contributed by atoms with Crippen molar-refractivity contribution in [3.63, 3.8) is 0 Å². The number of fused-ring (bicyclic) bond motifs is 1. The summed E-state index contributed by atoms with van der Waals surface area (Å²) in [4.78, 5) is 7.92. The molecular weight excluding hydrogens is 276 g/mol. The Kier molecular flexibility index (Phi) is 1.72. The zero-order valence-electron chi connectivity index (χ0n) is 5.33. The first-order valence-electron chi connectivity index (χ1n) is 2.93. The van der Waals surface area contributed by atoms with Crippen LogP contribution >= 0.6 is 34.5 Å². The van der Waals surface area contributed by atoms with Gasteiger partial charge in [-0.25, -0.2) is 9.97 Å². The van der Waals surface area contributed by atoms with Gasteiger partial charge in [-0.3, -0.25) is 2.78 Å². The first-order chi connectivity index (χ1) is 5.29. The number of rotatable bonds is 0. The lowest BCUT2D eigenvalue weighted by Gasteiger charge is -1.92. The molecule has 2 heterocycles. The smallest absolute Gasteiger partial charge is 0.153 e. The predicted octanol–water partition coefficient (Wildman–Crippen LogP) is 2.28. The molecule has 0 aliphatic carbocycles. The molecule has 0 bridgehead atoms. The molecule has 2 aromatic heterocycles. The third-order valence-corrected chi connectivity index (χ3v) is 2.47. The molecule has 0 aliphatic heterocycles. The molecule has 0 spiro atoms. The van der Waals surface area contributed by atoms with Crippen LogP contribution in [0.3, 0.4) is 0 Å². The molecule has 0 unspecified atom stereocenters. The summed E-state index contributed by atoms with van der Waals surface area (Å²) < 4.78 is 1.88. The van der Waals surface area contributed by atoms with E-state index in [1.807, 2.05) is 15.0 Å². The first kappa shape index (κ1) is 7.30. The van der Waals surface area contributed by atoms with E-state index in [1.165, 1.54) is 6.33 Å². The summed E-state index contributed by atoms with van der Waals surface area (Å²) in [7, 11) is 0. The molecule has 2 aromatic rings. The highest BCUT2D eigenvalue weighted by atomic mass is 127. The first-order valence-corrected chi connectivity index (χ1v) is 4.27. The highest BCUT2D eigenvalue weighted by Crippen LogP contribution is 2.20. The second kappa shape index (κ2) is 2.60. The Morgan fingerprint density at radius 2 is 2.27 bits per heavy atom. The second-order valence-electron chi connectivity index (χ2n) is 2.03. The Bertz CT molecular complexity index is 398. The summed E-state index contributed by atoms with van der Waals surface area (Å²) in [6, 6.07) is 1.89. The van der Waals surface area contributed by atoms with Gasteiger partial charge in [0.1, 0.15) is 11.5 Å². The van der Waals surface area contributed by atoms with E-state index in [9.17, 15) is 0 Å². The molecule has 0 saturated heterocycles. The number of aromatic nitrogens is 3. The van der Waals surface area contributed by atoms with Crippen LogP contribution in [0.15, 0.2) is 18.6 Å². The Morgan fingerprint density at radius 3 is 3.00 bits per heavy atom. The Hall–Kier alpha value is -0.360. The SMILES string of the molecule is Clc1ncnc2c1ccn2I. The highest BCUT2D eigenvalue weighted by Gasteiger charge is 2.03. The monoisotopic (exact) mass is 279 g/mol. The molecule has 11 heavy (non-hydrogen) atoms. The minimum Gasteiger partial charge on any atom is -0.273 e. The van der Waals surface area contributed by atoms with Crippen LogP contribution in [0.25, 0.3) is 11.0 Å². The zero-order valence-corrected chi connectivity index (χ0v) is 8.24. The second-order valence-corrected chi connectivity index (χ2v) is 3.43. The van der Waals surface area contributed by atoms with Gasteiger partial charge >= 0.3 is 0 Å². The summed E-state index contributed by atoms with van der Waals surface area (Å²) in [5, 5.41) is 1.40. The summed E-state index contributed by atoms with van der Waals surface area (Å²) >= 11 is 7.94. The molecule has 3 nitrogen and oxygen atoms in total. The molecular formula is C6H3ClIN3. The lowest BCUT2D eigenvalue weighted by atomic mass is 10.4. The van der Waals surface area contributed by atoms with Gasteiger partial charge < -0.3 is 0 Å². The molecule has 0 atom stereocenters. The molecule has 0 saturated carbocycles. The van der Waals surface area contributed by atoms with Gasteiger partial charge in [-0.1, -0.05) is 11.6 Å². The summed E-state index contributed by atoms with van der Waals surface area (Å²) in [5.41, 5.74) is 0.852. The van der Waals surface area contributed by atoms with Crippen LogP contribution in [0, 0.1) is 0 Å². The molecule has 56 valence electrons. The maximum atomic E-state index is 5.80. The molecule has 0 N–H and O–H groups in total. The van der Waals surface area contributed by atoms with Crippen molar-refractivity contribution in [2.75, 3.05) is 0 Å². The van der Waals surface area contributed by atoms with Crippen molar-refractivity contribution in [2.45, 2.75) is 0 Å². The van der Waals surface area contributed by atoms with Crippen LogP contribution in [-0.4, -0.2) is 12.7 Å². The molecule has 0 aromatic carbocycles. The summed E-state index contributed by atoms with van der Waals surface area (Å²) in [6.45, 7) is 0. The minimum absolute atomic E-state index is 0.505. The fraction of sp³-hybridized carbons (Fsp3) is 0. The summed E-state index contributed by atoms with van der Waals surface area (Å²) in [5.74, 6) is 0. The molecule has 0 aliphatic rings. The van der Waals surface area contributed by atoms with Crippen molar-refractivity contribution in [3.8, 4) is 0 Å². The third kappa shape index (κ3) is 1.10. The van der Waals surface area contributed by atoms with E-state index in [2.05, 4.69) is 32.8 Å². The van der Waals surface area contributed by atoms with Crippen molar-refractivity contribution in [2.24, 2.45) is 0 Å².